The Morgan fingerprint density at radius 2 is 1.72 bits per heavy atom. The monoisotopic (exact) mass is 501 g/mol. The van der Waals surface area contributed by atoms with E-state index >= 15 is 0 Å². The Morgan fingerprint density at radius 3 is 2.50 bits per heavy atom. The van der Waals surface area contributed by atoms with E-state index in [9.17, 15) is 14.4 Å². The lowest BCUT2D eigenvalue weighted by Gasteiger charge is -2.20. The molecule has 4 rings (SSSR count). The molecule has 0 aliphatic heterocycles. The summed E-state index contributed by atoms with van der Waals surface area (Å²) < 4.78 is 0. The molecule has 8 nitrogen and oxygen atoms in total. The maximum absolute atomic E-state index is 12.9. The van der Waals surface area contributed by atoms with E-state index in [1.54, 1.807) is 30.6 Å². The maximum Gasteiger partial charge on any atom is 0.289 e. The number of rotatable bonds is 7. The molecular formula is C27H27N5O3S. The van der Waals surface area contributed by atoms with Gasteiger partial charge in [-0.1, -0.05) is 56.3 Å². The van der Waals surface area contributed by atoms with E-state index in [4.69, 9.17) is 0 Å². The van der Waals surface area contributed by atoms with Gasteiger partial charge in [-0.2, -0.15) is 0 Å². The van der Waals surface area contributed by atoms with Gasteiger partial charge in [-0.05, 0) is 42.2 Å². The number of pyridine rings is 1. The van der Waals surface area contributed by atoms with Crippen molar-refractivity contribution in [3.63, 3.8) is 0 Å². The number of thiazole rings is 1. The van der Waals surface area contributed by atoms with Gasteiger partial charge < -0.3 is 5.32 Å². The number of aromatic nitrogens is 2. The first-order valence-electron chi connectivity index (χ1n) is 11.6. The third kappa shape index (κ3) is 5.75. The Kier molecular flexibility index (Phi) is 7.70. The molecule has 0 spiro atoms. The molecule has 0 fully saturated rings. The van der Waals surface area contributed by atoms with Crippen LogP contribution in [0.3, 0.4) is 0 Å². The molecule has 0 aliphatic rings. The summed E-state index contributed by atoms with van der Waals surface area (Å²) in [7, 11) is 0. The molecule has 4 aromatic rings. The number of hydrazine groups is 1. The van der Waals surface area contributed by atoms with Crippen molar-refractivity contribution in [1.82, 2.24) is 26.1 Å². The van der Waals surface area contributed by atoms with Crippen LogP contribution in [0.25, 0.3) is 21.3 Å². The first-order valence-corrected chi connectivity index (χ1v) is 12.5. The van der Waals surface area contributed by atoms with Crippen LogP contribution >= 0.6 is 11.3 Å². The molecule has 1 atom stereocenters. The van der Waals surface area contributed by atoms with E-state index in [-0.39, 0.29) is 11.6 Å². The van der Waals surface area contributed by atoms with Crippen molar-refractivity contribution in [2.45, 2.75) is 33.2 Å². The van der Waals surface area contributed by atoms with E-state index in [2.05, 4.69) is 26.1 Å². The van der Waals surface area contributed by atoms with Crippen molar-refractivity contribution >= 4 is 39.8 Å². The second-order valence-electron chi connectivity index (χ2n) is 8.80. The Balaban J connectivity index is 1.42. The number of benzene rings is 2. The molecule has 36 heavy (non-hydrogen) atoms. The minimum absolute atomic E-state index is 0.133. The number of fused-ring (bicyclic) bond motifs is 1. The highest BCUT2D eigenvalue weighted by Gasteiger charge is 2.24. The second-order valence-corrected chi connectivity index (χ2v) is 9.66. The first kappa shape index (κ1) is 25.0. The van der Waals surface area contributed by atoms with Crippen LogP contribution in [0.1, 0.15) is 46.8 Å². The summed E-state index contributed by atoms with van der Waals surface area (Å²) in [6.45, 7) is 5.63. The Hall–Kier alpha value is -4.11. The summed E-state index contributed by atoms with van der Waals surface area (Å²) in [4.78, 5) is 46.9. The van der Waals surface area contributed by atoms with E-state index in [1.807, 2.05) is 56.3 Å². The molecule has 0 radical (unpaired) electrons. The number of hydrogen-bond acceptors (Lipinski definition) is 6. The van der Waals surface area contributed by atoms with Crippen molar-refractivity contribution < 1.29 is 14.4 Å². The van der Waals surface area contributed by atoms with Gasteiger partial charge in [0, 0.05) is 22.8 Å². The van der Waals surface area contributed by atoms with E-state index in [0.717, 1.165) is 16.3 Å². The predicted molar refractivity (Wildman–Crippen MR) is 140 cm³/mol. The summed E-state index contributed by atoms with van der Waals surface area (Å²) in [6, 6.07) is 16.4. The fourth-order valence-corrected chi connectivity index (χ4v) is 4.69. The molecule has 0 aliphatic carbocycles. The van der Waals surface area contributed by atoms with Gasteiger partial charge >= 0.3 is 0 Å². The molecule has 0 unspecified atom stereocenters. The molecular weight excluding hydrogens is 474 g/mol. The second kappa shape index (κ2) is 11.1. The fraction of sp³-hybridized carbons (Fsp3) is 0.222. The number of aryl methyl sites for hydroxylation is 1. The largest absolute Gasteiger partial charge is 0.340 e. The van der Waals surface area contributed by atoms with Crippen LogP contribution in [0.5, 0.6) is 0 Å². The van der Waals surface area contributed by atoms with Crippen LogP contribution in [0, 0.1) is 12.8 Å². The summed E-state index contributed by atoms with van der Waals surface area (Å²) >= 11 is 1.35. The van der Waals surface area contributed by atoms with Crippen LogP contribution < -0.4 is 16.2 Å². The minimum atomic E-state index is -0.834. The lowest BCUT2D eigenvalue weighted by molar-refractivity contribution is -0.124. The van der Waals surface area contributed by atoms with Gasteiger partial charge in [0.05, 0.1) is 5.56 Å². The number of carbonyl (C=O) groups is 3. The molecule has 0 saturated carbocycles. The number of amides is 3. The third-order valence-corrected chi connectivity index (χ3v) is 6.51. The maximum atomic E-state index is 12.9. The molecule has 3 amide bonds. The van der Waals surface area contributed by atoms with Crippen molar-refractivity contribution in [3.05, 3.63) is 83.1 Å². The molecule has 0 bridgehead atoms. The highest BCUT2D eigenvalue weighted by atomic mass is 32.1. The predicted octanol–water partition coefficient (Wildman–Crippen LogP) is 4.27. The Morgan fingerprint density at radius 1 is 0.944 bits per heavy atom. The van der Waals surface area contributed by atoms with Gasteiger partial charge in [0.15, 0.2) is 0 Å². The molecule has 2 aromatic carbocycles. The average Bonchev–Trinajstić information content (AvgIpc) is 3.36. The smallest absolute Gasteiger partial charge is 0.289 e. The zero-order chi connectivity index (χ0) is 25.7. The van der Waals surface area contributed by atoms with Gasteiger partial charge in [0.25, 0.3) is 17.7 Å². The average molecular weight is 502 g/mol. The Bertz CT molecular complexity index is 1410. The molecule has 184 valence electrons. The lowest BCUT2D eigenvalue weighted by atomic mass is 10.0. The van der Waals surface area contributed by atoms with Crippen LogP contribution in [0.15, 0.2) is 66.2 Å². The van der Waals surface area contributed by atoms with Crippen molar-refractivity contribution in [2.24, 2.45) is 5.92 Å². The van der Waals surface area contributed by atoms with Crippen molar-refractivity contribution in [1.29, 1.82) is 0 Å². The van der Waals surface area contributed by atoms with Crippen LogP contribution in [0.2, 0.25) is 0 Å². The van der Waals surface area contributed by atoms with E-state index in [1.165, 1.54) is 11.3 Å². The topological polar surface area (TPSA) is 113 Å². The quantitative estimate of drug-likeness (QED) is 0.327. The number of hydrogen-bond donors (Lipinski definition) is 3. The summed E-state index contributed by atoms with van der Waals surface area (Å²) in [5.41, 5.74) is 6.95. The first-order chi connectivity index (χ1) is 17.3. The highest BCUT2D eigenvalue weighted by Crippen LogP contribution is 2.30. The number of nitrogens with zero attached hydrogens (tertiary/aromatic N) is 2. The normalized spacial score (nSPS) is 11.8. The SMILES string of the molecule is Cc1ncccc1C(=O)N[C@@H](CC(C)C)C(=O)NNC(=O)c1csc(-c2cccc3ccccc23)n1. The van der Waals surface area contributed by atoms with Crippen LogP contribution in [0.4, 0.5) is 0 Å². The van der Waals surface area contributed by atoms with Crippen molar-refractivity contribution in [2.75, 3.05) is 0 Å². The minimum Gasteiger partial charge on any atom is -0.340 e. The molecule has 2 aromatic heterocycles. The standard InChI is InChI=1S/C27H27N5O3S/c1-16(2)14-22(29-24(33)19-12-7-13-28-17(19)3)25(34)31-32-26(35)23-15-36-27(30-23)21-11-6-9-18-8-4-5-10-20(18)21/h4-13,15-16,22H,14H2,1-3H3,(H,29,33)(H,31,34)(H,32,35)/t22-/m0/s1. The third-order valence-electron chi connectivity index (χ3n) is 5.64. The molecule has 0 saturated heterocycles. The van der Waals surface area contributed by atoms with Gasteiger partial charge in [0.2, 0.25) is 0 Å². The van der Waals surface area contributed by atoms with E-state index in [0.29, 0.717) is 22.7 Å². The van der Waals surface area contributed by atoms with Gasteiger partial charge in [0.1, 0.15) is 16.7 Å². The molecule has 9 heteroatoms. The van der Waals surface area contributed by atoms with E-state index < -0.39 is 23.8 Å². The summed E-state index contributed by atoms with van der Waals surface area (Å²) in [6.07, 6.45) is 2.00. The summed E-state index contributed by atoms with van der Waals surface area (Å²) in [5, 5.41) is 7.25. The number of carbonyl (C=O) groups excluding carboxylic acids is 3. The molecule has 3 N–H and O–H groups in total. The highest BCUT2D eigenvalue weighted by molar-refractivity contribution is 7.13. The Labute approximate surface area is 213 Å². The van der Waals surface area contributed by atoms with Gasteiger partial charge in [-0.25, -0.2) is 4.98 Å². The van der Waals surface area contributed by atoms with Crippen LogP contribution in [-0.2, 0) is 4.79 Å². The molecule has 2 heterocycles. The lowest BCUT2D eigenvalue weighted by Crippen LogP contribution is -2.52. The van der Waals surface area contributed by atoms with Crippen LogP contribution in [-0.4, -0.2) is 33.7 Å². The zero-order valence-electron chi connectivity index (χ0n) is 20.2. The fourth-order valence-electron chi connectivity index (χ4n) is 3.85. The van der Waals surface area contributed by atoms with Gasteiger partial charge in [-0.3, -0.25) is 30.2 Å². The van der Waals surface area contributed by atoms with Crippen molar-refractivity contribution in [3.8, 4) is 10.6 Å². The summed E-state index contributed by atoms with van der Waals surface area (Å²) in [5.74, 6) is -1.32. The zero-order valence-corrected chi connectivity index (χ0v) is 21.1. The van der Waals surface area contributed by atoms with Gasteiger partial charge in [-0.15, -0.1) is 11.3 Å². The number of nitrogens with one attached hydrogen (secondary N) is 3.